The SMILES string of the molecule is CCS(=O)(=O)NCc1ccc(C(=O)NCC2=CCNCC2)cc1.Cl. The molecule has 0 radical (unpaired) electrons. The van der Waals surface area contributed by atoms with E-state index in [2.05, 4.69) is 21.4 Å². The van der Waals surface area contributed by atoms with Gasteiger partial charge < -0.3 is 10.6 Å². The molecule has 8 heteroatoms. The smallest absolute Gasteiger partial charge is 0.251 e. The van der Waals surface area contributed by atoms with Crippen LogP contribution in [-0.4, -0.2) is 39.7 Å². The average molecular weight is 374 g/mol. The summed E-state index contributed by atoms with van der Waals surface area (Å²) in [6, 6.07) is 6.94. The van der Waals surface area contributed by atoms with E-state index in [9.17, 15) is 13.2 Å². The fraction of sp³-hybridized carbons (Fsp3) is 0.438. The molecule has 1 heterocycles. The highest BCUT2D eigenvalue weighted by atomic mass is 35.5. The standard InChI is InChI=1S/C16H23N3O3S.ClH/c1-2-23(21,22)19-12-13-3-5-15(6-4-13)16(20)18-11-14-7-9-17-10-8-14;/h3-7,17,19H,2,8-12H2,1H3,(H,18,20);1H. The van der Waals surface area contributed by atoms with Crippen molar-refractivity contribution >= 4 is 28.3 Å². The van der Waals surface area contributed by atoms with Gasteiger partial charge in [0.05, 0.1) is 5.75 Å². The summed E-state index contributed by atoms with van der Waals surface area (Å²) in [6.45, 7) is 4.20. The molecule has 24 heavy (non-hydrogen) atoms. The van der Waals surface area contributed by atoms with Crippen LogP contribution in [0.4, 0.5) is 0 Å². The first-order chi connectivity index (χ1) is 11.0. The third-order valence-corrected chi connectivity index (χ3v) is 5.07. The van der Waals surface area contributed by atoms with Crippen molar-refractivity contribution in [3.8, 4) is 0 Å². The molecule has 3 N–H and O–H groups in total. The zero-order valence-corrected chi connectivity index (χ0v) is 15.3. The van der Waals surface area contributed by atoms with Gasteiger partial charge >= 0.3 is 0 Å². The molecule has 134 valence electrons. The molecule has 0 unspecified atom stereocenters. The lowest BCUT2D eigenvalue weighted by Gasteiger charge is -2.14. The van der Waals surface area contributed by atoms with E-state index < -0.39 is 10.0 Å². The van der Waals surface area contributed by atoms with E-state index in [0.29, 0.717) is 12.1 Å². The van der Waals surface area contributed by atoms with Crippen molar-refractivity contribution < 1.29 is 13.2 Å². The number of rotatable bonds is 7. The van der Waals surface area contributed by atoms with Crippen molar-refractivity contribution in [2.45, 2.75) is 19.9 Å². The molecule has 2 rings (SSSR count). The summed E-state index contributed by atoms with van der Waals surface area (Å²) in [5.74, 6) is -0.0658. The van der Waals surface area contributed by atoms with Crippen LogP contribution in [0.25, 0.3) is 0 Å². The summed E-state index contributed by atoms with van der Waals surface area (Å²) in [7, 11) is -3.21. The van der Waals surface area contributed by atoms with Crippen molar-refractivity contribution in [1.82, 2.24) is 15.4 Å². The molecule has 0 fully saturated rings. The van der Waals surface area contributed by atoms with Crippen LogP contribution in [0.15, 0.2) is 35.9 Å². The molecule has 0 atom stereocenters. The Labute approximate surface area is 149 Å². The summed E-state index contributed by atoms with van der Waals surface area (Å²) < 4.78 is 25.3. The van der Waals surface area contributed by atoms with Gasteiger partial charge in [-0.25, -0.2) is 13.1 Å². The lowest BCUT2D eigenvalue weighted by molar-refractivity contribution is 0.0956. The molecule has 1 aliphatic rings. The molecule has 1 aromatic carbocycles. The molecule has 1 aliphatic heterocycles. The lowest BCUT2D eigenvalue weighted by atomic mass is 10.1. The van der Waals surface area contributed by atoms with Gasteiger partial charge in [-0.3, -0.25) is 4.79 Å². The maximum atomic E-state index is 12.1. The van der Waals surface area contributed by atoms with Crippen LogP contribution in [0.2, 0.25) is 0 Å². The molecule has 0 spiro atoms. The highest BCUT2D eigenvalue weighted by Crippen LogP contribution is 2.07. The number of hydrogen-bond donors (Lipinski definition) is 3. The van der Waals surface area contributed by atoms with Gasteiger partial charge in [-0.1, -0.05) is 23.8 Å². The summed E-state index contributed by atoms with van der Waals surface area (Å²) in [6.07, 6.45) is 3.06. The molecule has 0 aromatic heterocycles. The molecular formula is C16H24ClN3O3S. The van der Waals surface area contributed by atoms with Crippen LogP contribution >= 0.6 is 12.4 Å². The van der Waals surface area contributed by atoms with Crippen molar-refractivity contribution in [2.24, 2.45) is 0 Å². The van der Waals surface area contributed by atoms with Crippen LogP contribution in [-0.2, 0) is 16.6 Å². The number of sulfonamides is 1. The van der Waals surface area contributed by atoms with E-state index in [1.54, 1.807) is 31.2 Å². The Bertz CT molecular complexity index is 672. The first kappa shape index (κ1) is 20.6. The van der Waals surface area contributed by atoms with Gasteiger partial charge in [-0.05, 0) is 37.6 Å². The molecule has 0 bridgehead atoms. The van der Waals surface area contributed by atoms with Crippen molar-refractivity contribution in [2.75, 3.05) is 25.4 Å². The molecule has 6 nitrogen and oxygen atoms in total. The van der Waals surface area contributed by atoms with Gasteiger partial charge in [0.15, 0.2) is 0 Å². The topological polar surface area (TPSA) is 87.3 Å². The Hall–Kier alpha value is -1.41. The predicted octanol–water partition coefficient (Wildman–Crippen LogP) is 1.20. The third kappa shape index (κ3) is 6.60. The quantitative estimate of drug-likeness (QED) is 0.627. The van der Waals surface area contributed by atoms with Crippen LogP contribution in [0.3, 0.4) is 0 Å². The van der Waals surface area contributed by atoms with E-state index in [1.165, 1.54) is 5.57 Å². The first-order valence-corrected chi connectivity index (χ1v) is 9.38. The van der Waals surface area contributed by atoms with Crippen molar-refractivity contribution in [1.29, 1.82) is 0 Å². The number of amides is 1. The minimum absolute atomic E-state index is 0. The Morgan fingerprint density at radius 3 is 2.50 bits per heavy atom. The minimum Gasteiger partial charge on any atom is -0.348 e. The molecule has 0 aliphatic carbocycles. The Balaban J connectivity index is 0.00000288. The number of benzene rings is 1. The van der Waals surface area contributed by atoms with Crippen molar-refractivity contribution in [3.63, 3.8) is 0 Å². The average Bonchev–Trinajstić information content (AvgIpc) is 2.59. The van der Waals surface area contributed by atoms with Gasteiger partial charge in [0.2, 0.25) is 10.0 Å². The lowest BCUT2D eigenvalue weighted by Crippen LogP contribution is -2.29. The highest BCUT2D eigenvalue weighted by Gasteiger charge is 2.09. The van der Waals surface area contributed by atoms with Crippen LogP contribution in [0.5, 0.6) is 0 Å². The second-order valence-electron chi connectivity index (χ2n) is 5.42. The van der Waals surface area contributed by atoms with Gasteiger partial charge in [0, 0.05) is 25.2 Å². The number of carbonyl (C=O) groups excluding carboxylic acids is 1. The van der Waals surface area contributed by atoms with E-state index in [-0.39, 0.29) is 30.6 Å². The number of hydrogen-bond acceptors (Lipinski definition) is 4. The summed E-state index contributed by atoms with van der Waals surface area (Å²) in [4.78, 5) is 12.1. The fourth-order valence-electron chi connectivity index (χ4n) is 2.20. The second kappa shape index (κ2) is 9.78. The third-order valence-electron chi connectivity index (χ3n) is 3.73. The van der Waals surface area contributed by atoms with Crippen LogP contribution < -0.4 is 15.4 Å². The maximum absolute atomic E-state index is 12.1. The molecule has 1 amide bonds. The van der Waals surface area contributed by atoms with Crippen molar-refractivity contribution in [3.05, 3.63) is 47.0 Å². The molecule has 0 saturated heterocycles. The number of nitrogens with one attached hydrogen (secondary N) is 3. The zero-order valence-electron chi connectivity index (χ0n) is 13.7. The van der Waals surface area contributed by atoms with Crippen LogP contribution in [0, 0.1) is 0 Å². The maximum Gasteiger partial charge on any atom is 0.251 e. The highest BCUT2D eigenvalue weighted by molar-refractivity contribution is 7.89. The molecular weight excluding hydrogens is 350 g/mol. The van der Waals surface area contributed by atoms with E-state index in [4.69, 9.17) is 0 Å². The fourth-order valence-corrected chi connectivity index (χ4v) is 2.79. The predicted molar refractivity (Wildman–Crippen MR) is 97.9 cm³/mol. The van der Waals surface area contributed by atoms with E-state index in [1.807, 2.05) is 0 Å². The Kier molecular flexibility index (Phi) is 8.41. The normalized spacial score (nSPS) is 14.5. The molecule has 0 saturated carbocycles. The van der Waals surface area contributed by atoms with Gasteiger partial charge in [-0.15, -0.1) is 12.4 Å². The number of carbonyl (C=O) groups is 1. The zero-order chi connectivity index (χ0) is 16.7. The Morgan fingerprint density at radius 2 is 1.92 bits per heavy atom. The van der Waals surface area contributed by atoms with E-state index in [0.717, 1.165) is 25.1 Å². The van der Waals surface area contributed by atoms with Gasteiger partial charge in [0.25, 0.3) is 5.91 Å². The van der Waals surface area contributed by atoms with Gasteiger partial charge in [0.1, 0.15) is 0 Å². The van der Waals surface area contributed by atoms with E-state index >= 15 is 0 Å². The Morgan fingerprint density at radius 1 is 1.21 bits per heavy atom. The monoisotopic (exact) mass is 373 g/mol. The largest absolute Gasteiger partial charge is 0.348 e. The number of halogens is 1. The first-order valence-electron chi connectivity index (χ1n) is 7.73. The molecule has 1 aromatic rings. The van der Waals surface area contributed by atoms with Crippen LogP contribution in [0.1, 0.15) is 29.3 Å². The minimum atomic E-state index is -3.21. The second-order valence-corrected chi connectivity index (χ2v) is 7.52. The summed E-state index contributed by atoms with van der Waals surface area (Å²) >= 11 is 0. The van der Waals surface area contributed by atoms with Gasteiger partial charge in [-0.2, -0.15) is 0 Å². The summed E-state index contributed by atoms with van der Waals surface area (Å²) in [5.41, 5.74) is 2.63. The summed E-state index contributed by atoms with van der Waals surface area (Å²) in [5, 5.41) is 6.14.